The second-order valence-electron chi connectivity index (χ2n) is 22.4. The molecule has 85 heavy (non-hydrogen) atoms. The summed E-state index contributed by atoms with van der Waals surface area (Å²) in [5, 5.41) is 119. The quantitative estimate of drug-likeness (QED) is 0.0482. The van der Waals surface area contributed by atoms with Crippen LogP contribution in [0.4, 0.5) is 0 Å². The predicted molar refractivity (Wildman–Crippen MR) is 307 cm³/mol. The number of aliphatic carboxylic acids is 2. The lowest BCUT2D eigenvalue weighted by atomic mass is 9.91. The van der Waals surface area contributed by atoms with E-state index >= 15 is 0 Å². The molecule has 0 radical (unpaired) electrons. The third-order valence-corrected chi connectivity index (χ3v) is 14.8. The van der Waals surface area contributed by atoms with E-state index in [1.54, 1.807) is 0 Å². The molecule has 2 unspecified atom stereocenters. The van der Waals surface area contributed by atoms with Gasteiger partial charge in [-0.25, -0.2) is 0 Å². The Bertz CT molecular complexity index is 2270. The van der Waals surface area contributed by atoms with Crippen molar-refractivity contribution in [2.24, 2.45) is 23.3 Å². The number of rotatable bonds is 23. The van der Waals surface area contributed by atoms with Crippen LogP contribution in [0.3, 0.4) is 0 Å². The maximum Gasteiger partial charge on any atom is 0.300 e. The van der Waals surface area contributed by atoms with Crippen LogP contribution in [0.15, 0.2) is 24.3 Å². The Balaban J connectivity index is 0.00000289. The fourth-order valence-corrected chi connectivity index (χ4v) is 10.2. The lowest BCUT2D eigenvalue weighted by Crippen LogP contribution is -2.64. The molecule has 0 bridgehead atoms. The molecule has 1 aromatic rings. The number of carbonyl (C=O) groups is 9. The highest BCUT2D eigenvalue weighted by Crippen LogP contribution is 2.27. The SMILES string of the molecule is CC(=O)O.CC(=O)O.CCC(C)CC(C)CCCCCCCCC(=O)N[C@H]1C[C@@H](O)[C@@H](NCCN)NC(=O)[C@@H]2C[C@@H](O)CN2C(=O)[C@H]([C@H](O)CCN)NC(=O)[C@H]([C@H](O)[C@@H](O)c2ccc(O)cc2)NC(=O)[C@@H]2C[C@@H](O)CN2C(=O)[C@H]([C@@H](C)O)NC1=O. The number of aliphatic hydroxyl groups is 7. The molecule has 0 spiro atoms. The Morgan fingerprint density at radius 2 is 1.14 bits per heavy atom. The fourth-order valence-electron chi connectivity index (χ4n) is 10.2. The Hall–Kier alpha value is -6.15. The van der Waals surface area contributed by atoms with E-state index in [1.807, 2.05) is 0 Å². The summed E-state index contributed by atoms with van der Waals surface area (Å²) in [7, 11) is 0. The first-order chi connectivity index (χ1) is 40.0. The van der Waals surface area contributed by atoms with Crippen molar-refractivity contribution in [2.75, 3.05) is 32.7 Å². The van der Waals surface area contributed by atoms with Gasteiger partial charge in [-0.1, -0.05) is 77.8 Å². The normalized spacial score (nSPS) is 26.5. The number of nitrogens with zero attached hydrogens (tertiary/aromatic N) is 2. The van der Waals surface area contributed by atoms with Gasteiger partial charge in [0.2, 0.25) is 41.4 Å². The number of phenols is 1. The van der Waals surface area contributed by atoms with E-state index < -0.39 is 164 Å². The van der Waals surface area contributed by atoms with Crippen molar-refractivity contribution in [3.63, 3.8) is 0 Å². The number of hydrogen-bond acceptors (Lipinski definition) is 20. The van der Waals surface area contributed by atoms with E-state index in [2.05, 4.69) is 52.7 Å². The maximum atomic E-state index is 14.6. The minimum Gasteiger partial charge on any atom is -0.508 e. The van der Waals surface area contributed by atoms with Gasteiger partial charge in [-0.05, 0) is 62.3 Å². The third kappa shape index (κ3) is 25.8. The van der Waals surface area contributed by atoms with E-state index in [-0.39, 0.29) is 50.2 Å². The summed E-state index contributed by atoms with van der Waals surface area (Å²) in [6, 6.07) is -6.18. The van der Waals surface area contributed by atoms with Crippen LogP contribution in [0.2, 0.25) is 0 Å². The Labute approximate surface area is 496 Å². The van der Waals surface area contributed by atoms with Gasteiger partial charge in [-0.15, -0.1) is 0 Å². The molecule has 3 saturated heterocycles. The maximum absolute atomic E-state index is 14.6. The molecule has 3 aliphatic rings. The second kappa shape index (κ2) is 38.1. The van der Waals surface area contributed by atoms with Gasteiger partial charge in [0.15, 0.2) is 0 Å². The fraction of sp³-hybridized carbons (Fsp3) is 0.732. The molecule has 1 aromatic carbocycles. The summed E-state index contributed by atoms with van der Waals surface area (Å²) in [6.45, 7) is 8.73. The number of carbonyl (C=O) groups excluding carboxylic acids is 7. The molecule has 0 aromatic heterocycles. The lowest BCUT2D eigenvalue weighted by Gasteiger charge is -2.34. The van der Waals surface area contributed by atoms with E-state index in [1.165, 1.54) is 30.7 Å². The van der Waals surface area contributed by atoms with Crippen molar-refractivity contribution in [3.05, 3.63) is 29.8 Å². The lowest BCUT2D eigenvalue weighted by molar-refractivity contribution is -0.147. The molecule has 29 heteroatoms. The molecule has 484 valence electrons. The zero-order chi connectivity index (χ0) is 64.2. The molecular formula is C56H96N10O19. The van der Waals surface area contributed by atoms with Crippen LogP contribution in [0.5, 0.6) is 5.75 Å². The Morgan fingerprint density at radius 3 is 1.66 bits per heavy atom. The summed E-state index contributed by atoms with van der Waals surface area (Å²) in [4.78, 5) is 120. The van der Waals surface area contributed by atoms with Crippen molar-refractivity contribution >= 4 is 53.3 Å². The van der Waals surface area contributed by atoms with Gasteiger partial charge < -0.3 is 98.9 Å². The molecule has 0 saturated carbocycles. The highest BCUT2D eigenvalue weighted by Gasteiger charge is 2.48. The largest absolute Gasteiger partial charge is 0.508 e. The van der Waals surface area contributed by atoms with Crippen molar-refractivity contribution < 1.29 is 94.2 Å². The van der Waals surface area contributed by atoms with Crippen LogP contribution in [0.25, 0.3) is 0 Å². The van der Waals surface area contributed by atoms with Crippen LogP contribution in [0.1, 0.15) is 143 Å². The van der Waals surface area contributed by atoms with Gasteiger partial charge in [-0.2, -0.15) is 0 Å². The monoisotopic (exact) mass is 1210 g/mol. The first kappa shape index (κ1) is 74.9. The topological polar surface area (TPSA) is 487 Å². The predicted octanol–water partition coefficient (Wildman–Crippen LogP) is -3.13. The summed E-state index contributed by atoms with van der Waals surface area (Å²) >= 11 is 0. The third-order valence-electron chi connectivity index (χ3n) is 14.8. The van der Waals surface area contributed by atoms with E-state index in [4.69, 9.17) is 31.3 Å². The van der Waals surface area contributed by atoms with Crippen LogP contribution in [0, 0.1) is 11.8 Å². The Morgan fingerprint density at radius 1 is 0.647 bits per heavy atom. The number of carboxylic acids is 2. The minimum absolute atomic E-state index is 0.0202. The zero-order valence-electron chi connectivity index (χ0n) is 49.7. The number of nitrogens with one attached hydrogen (secondary N) is 6. The molecule has 20 N–H and O–H groups in total. The number of aliphatic hydroxyl groups excluding tert-OH is 7. The molecule has 3 aliphatic heterocycles. The highest BCUT2D eigenvalue weighted by atomic mass is 16.4. The molecule has 29 nitrogen and oxygen atoms in total. The van der Waals surface area contributed by atoms with Crippen LogP contribution in [-0.4, -0.2) is 226 Å². The van der Waals surface area contributed by atoms with Gasteiger partial charge in [0.25, 0.3) is 11.9 Å². The number of fused-ring (bicyclic) bond motifs is 2. The molecule has 4 rings (SSSR count). The second-order valence-corrected chi connectivity index (χ2v) is 22.4. The average molecular weight is 1210 g/mol. The van der Waals surface area contributed by atoms with E-state index in [9.17, 15) is 74.4 Å². The number of amides is 7. The van der Waals surface area contributed by atoms with E-state index in [0.717, 1.165) is 69.1 Å². The molecule has 3 heterocycles. The number of hydrogen-bond donors (Lipinski definition) is 18. The molecule has 16 atom stereocenters. The molecule has 7 amide bonds. The number of unbranched alkanes of at least 4 members (excludes halogenated alkanes) is 5. The standard InChI is InChI=1S/C52H88N10O15.2C2H4O2/c1-5-28(2)22-29(3)12-10-8-6-7-9-11-13-40(69)56-35-25-39(68)46(55-21-20-54)60-49(74)37-24-34(66)27-62(37)52(77)42(38(67)18-19-53)58-50(75)43(45(71)44(70)31-14-16-32(64)17-15-31)59-48(73)36-23-33(65)26-61(36)51(76)41(30(4)63)57-47(35)72;2*1-2(3)4/h14-17,28-30,33-39,41-46,55,63-68,70-71H,5-13,18-27,53-54H2,1-4H3,(H,56,69)(H,57,72)(H,58,75)(H,59,73)(H,60,74);2*1H3,(H,3,4)/t28?,29?,30-,33-,34-,35+,36+,37+,38-,39-,41+,42+,43+,44+,45+,46+;;/m1../s1. The minimum atomic E-state index is -2.28. The van der Waals surface area contributed by atoms with Gasteiger partial charge >= 0.3 is 0 Å². The van der Waals surface area contributed by atoms with Crippen molar-refractivity contribution in [1.82, 2.24) is 41.7 Å². The van der Waals surface area contributed by atoms with Crippen LogP contribution in [-0.2, 0) is 43.2 Å². The van der Waals surface area contributed by atoms with Crippen molar-refractivity contribution in [3.8, 4) is 5.75 Å². The number of carboxylic acid groups (broad SMARTS) is 2. The number of nitrogens with two attached hydrogens (primary N) is 2. The smallest absolute Gasteiger partial charge is 0.300 e. The first-order valence-corrected chi connectivity index (χ1v) is 29.2. The van der Waals surface area contributed by atoms with Gasteiger partial charge in [0.1, 0.15) is 60.4 Å². The first-order valence-electron chi connectivity index (χ1n) is 29.2. The highest BCUT2D eigenvalue weighted by molar-refractivity contribution is 5.98. The summed E-state index contributed by atoms with van der Waals surface area (Å²) in [6.07, 6.45) is -6.83. The summed E-state index contributed by atoms with van der Waals surface area (Å²) in [5.41, 5.74) is 11.5. The number of phenolic OH excluding ortho intramolecular Hbond substituents is 1. The number of aromatic hydroxyl groups is 1. The van der Waals surface area contributed by atoms with Gasteiger partial charge in [0.05, 0.1) is 30.5 Å². The summed E-state index contributed by atoms with van der Waals surface area (Å²) in [5.74, 6) is -7.99. The molecular weight excluding hydrogens is 1120 g/mol. The van der Waals surface area contributed by atoms with Gasteiger partial charge in [0, 0.05) is 65.7 Å². The molecule has 0 aliphatic carbocycles. The molecule has 3 fully saturated rings. The van der Waals surface area contributed by atoms with Gasteiger partial charge in [-0.3, -0.25) is 48.5 Å². The summed E-state index contributed by atoms with van der Waals surface area (Å²) < 4.78 is 0. The van der Waals surface area contributed by atoms with Crippen molar-refractivity contribution in [1.29, 1.82) is 0 Å². The number of benzene rings is 1. The Kier molecular flexibility index (Phi) is 33.6. The average Bonchev–Trinajstić information content (AvgIpc) is 3.94. The van der Waals surface area contributed by atoms with Crippen LogP contribution >= 0.6 is 0 Å². The van der Waals surface area contributed by atoms with Crippen LogP contribution < -0.4 is 43.4 Å². The zero-order valence-corrected chi connectivity index (χ0v) is 49.7. The van der Waals surface area contributed by atoms with Crippen molar-refractivity contribution in [2.45, 2.75) is 217 Å². The van der Waals surface area contributed by atoms with E-state index in [0.29, 0.717) is 24.7 Å².